The maximum absolute atomic E-state index is 10.1. The maximum Gasteiger partial charge on any atom is 0.153 e. The second-order valence-electron chi connectivity index (χ2n) is 5.06. The molecule has 0 heterocycles. The van der Waals surface area contributed by atoms with Crippen LogP contribution in [0.5, 0.6) is 5.75 Å². The van der Waals surface area contributed by atoms with Gasteiger partial charge >= 0.3 is 0 Å². The second kappa shape index (κ2) is 9.10. The number of para-hydroxylation sites is 1. The summed E-state index contributed by atoms with van der Waals surface area (Å²) in [4.78, 5) is 10.1. The number of hydrogen-bond acceptors (Lipinski definition) is 3. The van der Waals surface area contributed by atoms with Gasteiger partial charge in [0.15, 0.2) is 6.29 Å². The quantitative estimate of drug-likeness (QED) is 0.634. The third-order valence-corrected chi connectivity index (χ3v) is 2.71. The van der Waals surface area contributed by atoms with Crippen LogP contribution in [0.3, 0.4) is 0 Å². The van der Waals surface area contributed by atoms with E-state index < -0.39 is 5.60 Å². The van der Waals surface area contributed by atoms with Gasteiger partial charge in [0.1, 0.15) is 5.75 Å². The van der Waals surface area contributed by atoms with Gasteiger partial charge in [-0.25, -0.2) is 0 Å². The van der Waals surface area contributed by atoms with E-state index in [2.05, 4.69) is 26.5 Å². The number of allylic oxidation sites excluding steroid dienone is 2. The van der Waals surface area contributed by atoms with Crippen molar-refractivity contribution in [2.24, 2.45) is 0 Å². The molecular formula is C17H24O3. The molecular weight excluding hydrogens is 252 g/mol. The van der Waals surface area contributed by atoms with Crippen LogP contribution in [0, 0.1) is 0 Å². The summed E-state index contributed by atoms with van der Waals surface area (Å²) < 4.78 is 0. The smallest absolute Gasteiger partial charge is 0.153 e. The summed E-state index contributed by atoms with van der Waals surface area (Å²) in [6, 6.07) is 6.40. The molecule has 0 aliphatic carbocycles. The molecule has 1 rings (SSSR count). The van der Waals surface area contributed by atoms with E-state index in [0.717, 1.165) is 12.8 Å². The van der Waals surface area contributed by atoms with Crippen molar-refractivity contribution < 1.29 is 15.0 Å². The third kappa shape index (κ3) is 8.27. The van der Waals surface area contributed by atoms with Crippen LogP contribution in [0.25, 0.3) is 0 Å². The van der Waals surface area contributed by atoms with E-state index in [1.54, 1.807) is 31.2 Å². The van der Waals surface area contributed by atoms with E-state index in [4.69, 9.17) is 5.11 Å². The molecule has 0 amide bonds. The fraction of sp³-hybridized carbons (Fsp3) is 0.353. The van der Waals surface area contributed by atoms with Crippen LogP contribution in [-0.2, 0) is 0 Å². The number of aliphatic hydroxyl groups is 1. The predicted molar refractivity (Wildman–Crippen MR) is 83.0 cm³/mol. The zero-order chi connectivity index (χ0) is 15.6. The molecule has 3 nitrogen and oxygen atoms in total. The minimum absolute atomic E-state index is 0.0347. The summed E-state index contributed by atoms with van der Waals surface area (Å²) in [6.45, 7) is 9.45. The number of aromatic hydroxyl groups is 1. The van der Waals surface area contributed by atoms with E-state index in [-0.39, 0.29) is 5.75 Å². The summed E-state index contributed by atoms with van der Waals surface area (Å²) in [6.07, 6.45) is 6.00. The van der Waals surface area contributed by atoms with Crippen LogP contribution in [0.1, 0.15) is 44.0 Å². The van der Waals surface area contributed by atoms with Gasteiger partial charge in [0.2, 0.25) is 0 Å². The lowest BCUT2D eigenvalue weighted by atomic mass is 10.00. The van der Waals surface area contributed by atoms with Crippen molar-refractivity contribution >= 4 is 6.29 Å². The SMILES string of the molecule is C=CC(C)(O)CCC=C(C)C.O=Cc1ccccc1O. The van der Waals surface area contributed by atoms with Gasteiger partial charge in [0.25, 0.3) is 0 Å². The summed E-state index contributed by atoms with van der Waals surface area (Å²) in [5.41, 5.74) is 0.925. The summed E-state index contributed by atoms with van der Waals surface area (Å²) in [5.74, 6) is 0.0347. The molecule has 1 aromatic carbocycles. The molecule has 2 N–H and O–H groups in total. The molecule has 0 radical (unpaired) electrons. The Morgan fingerprint density at radius 3 is 2.35 bits per heavy atom. The van der Waals surface area contributed by atoms with Crippen molar-refractivity contribution in [3.8, 4) is 5.75 Å². The van der Waals surface area contributed by atoms with Crippen molar-refractivity contribution in [3.63, 3.8) is 0 Å². The van der Waals surface area contributed by atoms with E-state index >= 15 is 0 Å². The number of phenols is 1. The Labute approximate surface area is 121 Å². The van der Waals surface area contributed by atoms with Crippen LogP contribution in [0.4, 0.5) is 0 Å². The Kier molecular flexibility index (Phi) is 8.25. The topological polar surface area (TPSA) is 57.5 Å². The minimum Gasteiger partial charge on any atom is -0.507 e. The molecule has 0 aliphatic rings. The number of hydrogen-bond donors (Lipinski definition) is 2. The van der Waals surface area contributed by atoms with Gasteiger partial charge in [-0.1, -0.05) is 29.9 Å². The highest BCUT2D eigenvalue weighted by atomic mass is 16.3. The maximum atomic E-state index is 10.1. The summed E-state index contributed by atoms with van der Waals surface area (Å²) in [5, 5.41) is 18.4. The van der Waals surface area contributed by atoms with Crippen molar-refractivity contribution in [1.29, 1.82) is 0 Å². The van der Waals surface area contributed by atoms with Crippen LogP contribution in [-0.4, -0.2) is 22.1 Å². The molecule has 0 fully saturated rings. The molecule has 0 spiro atoms. The molecule has 0 aromatic heterocycles. The zero-order valence-electron chi connectivity index (χ0n) is 12.5. The molecule has 0 saturated heterocycles. The first-order valence-corrected chi connectivity index (χ1v) is 6.55. The lowest BCUT2D eigenvalue weighted by molar-refractivity contribution is 0.103. The van der Waals surface area contributed by atoms with E-state index in [0.29, 0.717) is 11.8 Å². The van der Waals surface area contributed by atoms with Crippen molar-refractivity contribution in [3.05, 3.63) is 54.1 Å². The van der Waals surface area contributed by atoms with Crippen LogP contribution in [0.15, 0.2) is 48.6 Å². The summed E-state index contributed by atoms with van der Waals surface area (Å²) >= 11 is 0. The molecule has 0 saturated carbocycles. The fourth-order valence-corrected chi connectivity index (χ4v) is 1.34. The molecule has 0 bridgehead atoms. The number of aldehydes is 1. The van der Waals surface area contributed by atoms with E-state index in [9.17, 15) is 9.90 Å². The average Bonchev–Trinajstić information content (AvgIpc) is 2.39. The lowest BCUT2D eigenvalue weighted by Crippen LogP contribution is -2.19. The predicted octanol–water partition coefficient (Wildman–Crippen LogP) is 3.87. The lowest BCUT2D eigenvalue weighted by Gasteiger charge is -2.16. The number of carbonyl (C=O) groups excluding carboxylic acids is 1. The first kappa shape index (κ1) is 18.1. The van der Waals surface area contributed by atoms with E-state index in [1.165, 1.54) is 11.6 Å². The van der Waals surface area contributed by atoms with Gasteiger partial charge in [-0.15, -0.1) is 6.58 Å². The highest BCUT2D eigenvalue weighted by Gasteiger charge is 2.12. The Hall–Kier alpha value is -1.87. The molecule has 110 valence electrons. The largest absolute Gasteiger partial charge is 0.507 e. The van der Waals surface area contributed by atoms with Crippen LogP contribution >= 0.6 is 0 Å². The highest BCUT2D eigenvalue weighted by Crippen LogP contribution is 2.13. The van der Waals surface area contributed by atoms with Crippen LogP contribution in [0.2, 0.25) is 0 Å². The Balaban J connectivity index is 0.000000367. The summed E-state index contributed by atoms with van der Waals surface area (Å²) in [7, 11) is 0. The molecule has 3 heteroatoms. The van der Waals surface area contributed by atoms with Gasteiger partial charge in [-0.2, -0.15) is 0 Å². The Bertz CT molecular complexity index is 455. The Morgan fingerprint density at radius 1 is 1.35 bits per heavy atom. The van der Waals surface area contributed by atoms with Gasteiger partial charge in [0, 0.05) is 0 Å². The van der Waals surface area contributed by atoms with Crippen molar-refractivity contribution in [2.75, 3.05) is 0 Å². The number of benzene rings is 1. The fourth-order valence-electron chi connectivity index (χ4n) is 1.34. The van der Waals surface area contributed by atoms with Gasteiger partial charge in [0.05, 0.1) is 11.2 Å². The monoisotopic (exact) mass is 276 g/mol. The Morgan fingerprint density at radius 2 is 1.95 bits per heavy atom. The van der Waals surface area contributed by atoms with E-state index in [1.807, 2.05) is 0 Å². The van der Waals surface area contributed by atoms with Gasteiger partial charge in [-0.05, 0) is 45.7 Å². The molecule has 1 unspecified atom stereocenters. The second-order valence-corrected chi connectivity index (χ2v) is 5.06. The standard InChI is InChI=1S/C10H18O.C7H6O2/c1-5-10(4,11)8-6-7-9(2)3;8-5-6-3-1-2-4-7(6)9/h5,7,11H,1,6,8H2,2-4H3;1-5,9H. The van der Waals surface area contributed by atoms with Gasteiger partial charge < -0.3 is 10.2 Å². The minimum atomic E-state index is -0.702. The highest BCUT2D eigenvalue weighted by molar-refractivity contribution is 5.78. The van der Waals surface area contributed by atoms with Crippen molar-refractivity contribution in [2.45, 2.75) is 39.2 Å². The van der Waals surface area contributed by atoms with Gasteiger partial charge in [-0.3, -0.25) is 4.79 Å². The van der Waals surface area contributed by atoms with Crippen molar-refractivity contribution in [1.82, 2.24) is 0 Å². The molecule has 1 atom stereocenters. The number of carbonyl (C=O) groups is 1. The molecule has 20 heavy (non-hydrogen) atoms. The number of phenolic OH excluding ortho intramolecular Hbond substituents is 1. The first-order chi connectivity index (χ1) is 9.32. The molecule has 1 aromatic rings. The molecule has 0 aliphatic heterocycles. The third-order valence-electron chi connectivity index (χ3n) is 2.71. The number of rotatable bonds is 5. The first-order valence-electron chi connectivity index (χ1n) is 6.55. The zero-order valence-corrected chi connectivity index (χ0v) is 12.5. The van der Waals surface area contributed by atoms with Crippen LogP contribution < -0.4 is 0 Å². The average molecular weight is 276 g/mol. The normalized spacial score (nSPS) is 12.4.